The van der Waals surface area contributed by atoms with Crippen LogP contribution in [0.1, 0.15) is 43.3 Å². The highest BCUT2D eigenvalue weighted by Crippen LogP contribution is 2.37. The molecule has 1 aromatic heterocycles. The van der Waals surface area contributed by atoms with Gasteiger partial charge in [0.2, 0.25) is 0 Å². The predicted molar refractivity (Wildman–Crippen MR) is 66.1 cm³/mol. The summed E-state index contributed by atoms with van der Waals surface area (Å²) in [4.78, 5) is 4.35. The number of nitrogens with one attached hydrogen (secondary N) is 1. The Morgan fingerprint density at radius 1 is 1.47 bits per heavy atom. The van der Waals surface area contributed by atoms with Gasteiger partial charge in [0.05, 0.1) is 12.4 Å². The van der Waals surface area contributed by atoms with Crippen LogP contribution in [0.25, 0.3) is 0 Å². The third-order valence-corrected chi connectivity index (χ3v) is 4.21. The minimum atomic E-state index is 0.458. The van der Waals surface area contributed by atoms with E-state index in [-0.39, 0.29) is 0 Å². The number of piperidine rings is 1. The van der Waals surface area contributed by atoms with Crippen molar-refractivity contribution < 1.29 is 4.74 Å². The van der Waals surface area contributed by atoms with Gasteiger partial charge in [-0.25, -0.2) is 4.98 Å². The number of imidazole rings is 1. The van der Waals surface area contributed by atoms with E-state index in [9.17, 15) is 0 Å². The molecule has 1 saturated carbocycles. The van der Waals surface area contributed by atoms with Gasteiger partial charge in [0.15, 0.2) is 0 Å². The minimum absolute atomic E-state index is 0.458. The van der Waals surface area contributed by atoms with Gasteiger partial charge in [-0.05, 0) is 32.2 Å². The van der Waals surface area contributed by atoms with Crippen LogP contribution < -0.4 is 5.32 Å². The Bertz CT molecular complexity index is 364. The zero-order chi connectivity index (χ0) is 11.7. The fraction of sp³-hybridized carbons (Fsp3) is 0.769. The highest BCUT2D eigenvalue weighted by Gasteiger charge is 2.32. The number of methoxy groups -OCH3 is 1. The number of nitrogens with zero attached hydrogens (tertiary/aromatic N) is 2. The maximum atomic E-state index is 5.35. The van der Waals surface area contributed by atoms with Crippen molar-refractivity contribution in [2.24, 2.45) is 0 Å². The van der Waals surface area contributed by atoms with E-state index in [1.807, 2.05) is 6.33 Å². The predicted octanol–water partition coefficient (Wildman–Crippen LogP) is 1.70. The van der Waals surface area contributed by atoms with Gasteiger partial charge in [-0.3, -0.25) is 0 Å². The summed E-state index contributed by atoms with van der Waals surface area (Å²) < 4.78 is 7.74. The lowest BCUT2D eigenvalue weighted by atomic mass is 9.87. The summed E-state index contributed by atoms with van der Waals surface area (Å²) in [6.45, 7) is 2.27. The van der Waals surface area contributed by atoms with Gasteiger partial charge >= 0.3 is 0 Å². The first-order chi connectivity index (χ1) is 8.38. The molecule has 0 amide bonds. The van der Waals surface area contributed by atoms with Gasteiger partial charge in [0.25, 0.3) is 0 Å². The summed E-state index contributed by atoms with van der Waals surface area (Å²) in [6, 6.07) is 0.611. The van der Waals surface area contributed by atoms with Crippen molar-refractivity contribution in [2.45, 2.75) is 43.7 Å². The summed E-state index contributed by atoms with van der Waals surface area (Å²) in [5.41, 5.74) is 1.41. The van der Waals surface area contributed by atoms with E-state index in [0.717, 1.165) is 19.4 Å². The number of hydrogen-bond donors (Lipinski definition) is 1. The van der Waals surface area contributed by atoms with E-state index in [4.69, 9.17) is 4.74 Å². The first-order valence-corrected chi connectivity index (χ1v) is 6.63. The number of rotatable bonds is 3. The molecule has 3 rings (SSSR count). The average molecular weight is 235 g/mol. The van der Waals surface area contributed by atoms with Crippen molar-refractivity contribution in [2.75, 3.05) is 20.2 Å². The van der Waals surface area contributed by atoms with Crippen LogP contribution in [0.4, 0.5) is 0 Å². The fourth-order valence-electron chi connectivity index (χ4n) is 3.00. The van der Waals surface area contributed by atoms with Crippen molar-refractivity contribution in [3.8, 4) is 0 Å². The molecule has 1 aromatic rings. The molecule has 0 radical (unpaired) electrons. The molecule has 2 aliphatic rings. The maximum absolute atomic E-state index is 5.35. The standard InChI is InChI=1S/C13H21N3O/c1-17-12-5-11(6-12)16-9-15-8-13(16)10-3-2-4-14-7-10/h8-12,14H,2-7H2,1H3. The van der Waals surface area contributed by atoms with Gasteiger partial charge in [0.1, 0.15) is 0 Å². The van der Waals surface area contributed by atoms with Crippen LogP contribution in [0.3, 0.4) is 0 Å². The lowest BCUT2D eigenvalue weighted by Gasteiger charge is -2.37. The van der Waals surface area contributed by atoms with Crippen LogP contribution in [0.15, 0.2) is 12.5 Å². The van der Waals surface area contributed by atoms with Crippen molar-refractivity contribution in [1.29, 1.82) is 0 Å². The molecule has 1 saturated heterocycles. The molecule has 17 heavy (non-hydrogen) atoms. The highest BCUT2D eigenvalue weighted by molar-refractivity contribution is 5.11. The van der Waals surface area contributed by atoms with Gasteiger partial charge in [-0.1, -0.05) is 0 Å². The molecule has 4 nitrogen and oxygen atoms in total. The fourth-order valence-corrected chi connectivity index (χ4v) is 3.00. The Hall–Kier alpha value is -0.870. The Balaban J connectivity index is 1.71. The summed E-state index contributed by atoms with van der Waals surface area (Å²) >= 11 is 0. The highest BCUT2D eigenvalue weighted by atomic mass is 16.5. The van der Waals surface area contributed by atoms with Crippen LogP contribution >= 0.6 is 0 Å². The summed E-state index contributed by atoms with van der Waals surface area (Å²) in [5.74, 6) is 0.646. The van der Waals surface area contributed by atoms with Crippen LogP contribution in [0.2, 0.25) is 0 Å². The van der Waals surface area contributed by atoms with E-state index < -0.39 is 0 Å². The van der Waals surface area contributed by atoms with Crippen LogP contribution in [-0.2, 0) is 4.74 Å². The number of hydrogen-bond acceptors (Lipinski definition) is 3. The molecule has 94 valence electrons. The van der Waals surface area contributed by atoms with E-state index in [2.05, 4.69) is 21.1 Å². The molecule has 1 atom stereocenters. The van der Waals surface area contributed by atoms with Gasteiger partial charge < -0.3 is 14.6 Å². The summed E-state index contributed by atoms with van der Waals surface area (Å²) in [5, 5.41) is 3.48. The van der Waals surface area contributed by atoms with Gasteiger partial charge in [-0.15, -0.1) is 0 Å². The second-order valence-corrected chi connectivity index (χ2v) is 5.25. The van der Waals surface area contributed by atoms with E-state index in [1.54, 1.807) is 7.11 Å². The largest absolute Gasteiger partial charge is 0.381 e. The molecule has 1 N–H and O–H groups in total. The first-order valence-electron chi connectivity index (χ1n) is 6.63. The van der Waals surface area contributed by atoms with Crippen molar-refractivity contribution >= 4 is 0 Å². The average Bonchev–Trinajstić information content (AvgIpc) is 2.78. The zero-order valence-corrected chi connectivity index (χ0v) is 10.4. The van der Waals surface area contributed by atoms with Gasteiger partial charge in [-0.2, -0.15) is 0 Å². The Morgan fingerprint density at radius 2 is 2.35 bits per heavy atom. The molecule has 4 heteroatoms. The second kappa shape index (κ2) is 4.78. The molecule has 0 bridgehead atoms. The second-order valence-electron chi connectivity index (χ2n) is 5.25. The van der Waals surface area contributed by atoms with Crippen molar-refractivity contribution in [3.63, 3.8) is 0 Å². The molecular weight excluding hydrogens is 214 g/mol. The third kappa shape index (κ3) is 2.11. The molecule has 0 aromatic carbocycles. The molecule has 1 aliphatic carbocycles. The van der Waals surface area contributed by atoms with Crippen LogP contribution in [-0.4, -0.2) is 35.9 Å². The quantitative estimate of drug-likeness (QED) is 0.866. The van der Waals surface area contributed by atoms with Crippen LogP contribution in [0, 0.1) is 0 Å². The van der Waals surface area contributed by atoms with E-state index in [1.165, 1.54) is 25.1 Å². The van der Waals surface area contributed by atoms with Crippen molar-refractivity contribution in [1.82, 2.24) is 14.9 Å². The first kappa shape index (κ1) is 11.2. The molecule has 2 fully saturated rings. The number of aromatic nitrogens is 2. The molecule has 2 heterocycles. The molecule has 1 unspecified atom stereocenters. The van der Waals surface area contributed by atoms with Crippen molar-refractivity contribution in [3.05, 3.63) is 18.2 Å². The lowest BCUT2D eigenvalue weighted by Crippen LogP contribution is -2.35. The topological polar surface area (TPSA) is 39.1 Å². The summed E-state index contributed by atoms with van der Waals surface area (Å²) in [6.07, 6.45) is 9.36. The smallest absolute Gasteiger partial charge is 0.0950 e. The molecular formula is C13H21N3O. The lowest BCUT2D eigenvalue weighted by molar-refractivity contribution is 0.00507. The number of ether oxygens (including phenoxy) is 1. The van der Waals surface area contributed by atoms with Gasteiger partial charge in [0, 0.05) is 37.5 Å². The SMILES string of the molecule is COC1CC(n2cncc2C2CCCNC2)C1. The zero-order valence-electron chi connectivity index (χ0n) is 10.4. The maximum Gasteiger partial charge on any atom is 0.0950 e. The Morgan fingerprint density at radius 3 is 3.06 bits per heavy atom. The molecule has 0 spiro atoms. The Kier molecular flexibility index (Phi) is 3.16. The monoisotopic (exact) mass is 235 g/mol. The minimum Gasteiger partial charge on any atom is -0.381 e. The Labute approximate surface area is 102 Å². The van der Waals surface area contributed by atoms with E-state index in [0.29, 0.717) is 18.1 Å². The molecule has 1 aliphatic heterocycles. The van der Waals surface area contributed by atoms with E-state index >= 15 is 0 Å². The third-order valence-electron chi connectivity index (χ3n) is 4.21. The summed E-state index contributed by atoms with van der Waals surface area (Å²) in [7, 11) is 1.81. The van der Waals surface area contributed by atoms with Crippen LogP contribution in [0.5, 0.6) is 0 Å². The normalized spacial score (nSPS) is 33.4.